The molecule has 3 heteroatoms. The third-order valence-electron chi connectivity index (χ3n) is 1.38. The van der Waals surface area contributed by atoms with Crippen LogP contribution in [0.25, 0.3) is 0 Å². The lowest BCUT2D eigenvalue weighted by Gasteiger charge is -2.01. The molecule has 62 valence electrons. The fourth-order valence-corrected chi connectivity index (χ4v) is 1.64. The van der Waals surface area contributed by atoms with Crippen LogP contribution in [0.15, 0.2) is 12.5 Å². The standard InChI is InChI=1S/C8H14N2S/c1-7(2)11-4-3-8-5-9-6-10-8/h5-7H,3-4H2,1-2H3,(H,9,10). The summed E-state index contributed by atoms with van der Waals surface area (Å²) in [7, 11) is 0. The van der Waals surface area contributed by atoms with Crippen LogP contribution >= 0.6 is 11.8 Å². The summed E-state index contributed by atoms with van der Waals surface area (Å²) in [6.07, 6.45) is 4.72. The number of H-pyrrole nitrogens is 1. The summed E-state index contributed by atoms with van der Waals surface area (Å²) in [4.78, 5) is 7.04. The number of hydrogen-bond acceptors (Lipinski definition) is 2. The van der Waals surface area contributed by atoms with Gasteiger partial charge in [0.2, 0.25) is 0 Å². The van der Waals surface area contributed by atoms with Gasteiger partial charge in [-0.1, -0.05) is 13.8 Å². The zero-order chi connectivity index (χ0) is 8.10. The Morgan fingerprint density at radius 1 is 1.64 bits per heavy atom. The van der Waals surface area contributed by atoms with Crippen LogP contribution in [0.1, 0.15) is 19.5 Å². The van der Waals surface area contributed by atoms with Crippen LogP contribution in [0.2, 0.25) is 0 Å². The molecule has 0 amide bonds. The molecule has 1 rings (SSSR count). The Balaban J connectivity index is 2.14. The van der Waals surface area contributed by atoms with Crippen molar-refractivity contribution < 1.29 is 0 Å². The minimum atomic E-state index is 0.734. The maximum absolute atomic E-state index is 3.96. The van der Waals surface area contributed by atoms with Crippen LogP contribution in [-0.4, -0.2) is 21.0 Å². The molecule has 0 aromatic carbocycles. The SMILES string of the molecule is CC(C)SCCc1cnc[nH]1. The van der Waals surface area contributed by atoms with Crippen LogP contribution < -0.4 is 0 Å². The number of aromatic amines is 1. The highest BCUT2D eigenvalue weighted by molar-refractivity contribution is 7.99. The highest BCUT2D eigenvalue weighted by Crippen LogP contribution is 2.10. The molecule has 0 atom stereocenters. The maximum atomic E-state index is 3.96. The zero-order valence-electron chi connectivity index (χ0n) is 7.00. The summed E-state index contributed by atoms with van der Waals surface area (Å²) in [6, 6.07) is 0. The van der Waals surface area contributed by atoms with Crippen LogP contribution in [0.3, 0.4) is 0 Å². The van der Waals surface area contributed by atoms with Crippen molar-refractivity contribution in [1.82, 2.24) is 9.97 Å². The number of rotatable bonds is 4. The van der Waals surface area contributed by atoms with Gasteiger partial charge in [-0.2, -0.15) is 11.8 Å². The summed E-state index contributed by atoms with van der Waals surface area (Å²) < 4.78 is 0. The van der Waals surface area contributed by atoms with Gasteiger partial charge in [0.15, 0.2) is 0 Å². The van der Waals surface area contributed by atoms with E-state index < -0.39 is 0 Å². The molecule has 1 aromatic rings. The number of nitrogens with zero attached hydrogens (tertiary/aromatic N) is 1. The van der Waals surface area contributed by atoms with Crippen molar-refractivity contribution in [3.8, 4) is 0 Å². The summed E-state index contributed by atoms with van der Waals surface area (Å²) in [5.74, 6) is 1.18. The van der Waals surface area contributed by atoms with Crippen molar-refractivity contribution in [2.75, 3.05) is 5.75 Å². The van der Waals surface area contributed by atoms with Gasteiger partial charge in [0, 0.05) is 11.9 Å². The van der Waals surface area contributed by atoms with E-state index in [0.29, 0.717) is 0 Å². The lowest BCUT2D eigenvalue weighted by Crippen LogP contribution is -1.93. The van der Waals surface area contributed by atoms with Crippen molar-refractivity contribution in [2.45, 2.75) is 25.5 Å². The van der Waals surface area contributed by atoms with E-state index in [1.54, 1.807) is 6.33 Å². The highest BCUT2D eigenvalue weighted by Gasteiger charge is 1.96. The van der Waals surface area contributed by atoms with E-state index in [-0.39, 0.29) is 0 Å². The first kappa shape index (κ1) is 8.65. The Hall–Kier alpha value is -0.440. The average Bonchev–Trinajstić information content (AvgIpc) is 2.39. The quantitative estimate of drug-likeness (QED) is 0.749. The minimum absolute atomic E-state index is 0.734. The Bertz CT molecular complexity index is 182. The number of thioether (sulfide) groups is 1. The summed E-state index contributed by atoms with van der Waals surface area (Å²) in [6.45, 7) is 4.44. The van der Waals surface area contributed by atoms with Crippen molar-refractivity contribution in [2.24, 2.45) is 0 Å². The van der Waals surface area contributed by atoms with Gasteiger partial charge >= 0.3 is 0 Å². The molecular formula is C8H14N2S. The average molecular weight is 170 g/mol. The lowest BCUT2D eigenvalue weighted by atomic mass is 10.4. The topological polar surface area (TPSA) is 28.7 Å². The van der Waals surface area contributed by atoms with Crippen molar-refractivity contribution in [3.05, 3.63) is 18.2 Å². The first-order valence-electron chi connectivity index (χ1n) is 3.88. The number of imidazole rings is 1. The first-order valence-corrected chi connectivity index (χ1v) is 4.93. The molecule has 0 bridgehead atoms. The molecule has 2 nitrogen and oxygen atoms in total. The molecule has 0 unspecified atom stereocenters. The third kappa shape index (κ3) is 3.46. The van der Waals surface area contributed by atoms with Gasteiger partial charge in [-0.25, -0.2) is 4.98 Å². The van der Waals surface area contributed by atoms with E-state index in [4.69, 9.17) is 0 Å². The van der Waals surface area contributed by atoms with Gasteiger partial charge < -0.3 is 4.98 Å². The molecule has 0 saturated carbocycles. The third-order valence-corrected chi connectivity index (χ3v) is 2.48. The molecule has 0 aliphatic heterocycles. The highest BCUT2D eigenvalue weighted by atomic mass is 32.2. The van der Waals surface area contributed by atoms with Crippen LogP contribution in [0.4, 0.5) is 0 Å². The molecule has 1 aromatic heterocycles. The summed E-state index contributed by atoms with van der Waals surface area (Å²) >= 11 is 1.98. The van der Waals surface area contributed by atoms with Gasteiger partial charge in [0.25, 0.3) is 0 Å². The predicted octanol–water partition coefficient (Wildman–Crippen LogP) is 2.09. The normalized spacial score (nSPS) is 10.8. The summed E-state index contributed by atoms with van der Waals surface area (Å²) in [5, 5.41) is 0.734. The Morgan fingerprint density at radius 3 is 3.00 bits per heavy atom. The molecular weight excluding hydrogens is 156 g/mol. The number of hydrogen-bond donors (Lipinski definition) is 1. The van der Waals surface area contributed by atoms with E-state index in [9.17, 15) is 0 Å². The number of aryl methyl sites for hydroxylation is 1. The molecule has 0 spiro atoms. The Labute approximate surface area is 71.8 Å². The van der Waals surface area contributed by atoms with E-state index in [0.717, 1.165) is 11.7 Å². The van der Waals surface area contributed by atoms with Gasteiger partial charge in [-0.3, -0.25) is 0 Å². The Kier molecular flexibility index (Phi) is 3.49. The number of aromatic nitrogens is 2. The molecule has 11 heavy (non-hydrogen) atoms. The van der Waals surface area contributed by atoms with Crippen LogP contribution in [0, 0.1) is 0 Å². The monoisotopic (exact) mass is 170 g/mol. The van der Waals surface area contributed by atoms with E-state index in [2.05, 4.69) is 23.8 Å². The van der Waals surface area contributed by atoms with Crippen molar-refractivity contribution in [3.63, 3.8) is 0 Å². The maximum Gasteiger partial charge on any atom is 0.0921 e. The molecule has 0 radical (unpaired) electrons. The van der Waals surface area contributed by atoms with Gasteiger partial charge in [0.1, 0.15) is 0 Å². The van der Waals surface area contributed by atoms with E-state index in [1.807, 2.05) is 18.0 Å². The second kappa shape index (κ2) is 4.44. The second-order valence-electron chi connectivity index (χ2n) is 2.75. The van der Waals surface area contributed by atoms with Crippen molar-refractivity contribution >= 4 is 11.8 Å². The molecule has 1 N–H and O–H groups in total. The van der Waals surface area contributed by atoms with Crippen LogP contribution in [0.5, 0.6) is 0 Å². The first-order chi connectivity index (χ1) is 5.29. The van der Waals surface area contributed by atoms with E-state index >= 15 is 0 Å². The molecule has 0 saturated heterocycles. The van der Waals surface area contributed by atoms with Crippen molar-refractivity contribution in [1.29, 1.82) is 0 Å². The molecule has 0 aliphatic rings. The largest absolute Gasteiger partial charge is 0.348 e. The van der Waals surface area contributed by atoms with Gasteiger partial charge in [-0.15, -0.1) is 0 Å². The van der Waals surface area contributed by atoms with Gasteiger partial charge in [0.05, 0.1) is 6.33 Å². The smallest absolute Gasteiger partial charge is 0.0921 e. The zero-order valence-corrected chi connectivity index (χ0v) is 7.82. The second-order valence-corrected chi connectivity index (χ2v) is 4.43. The molecule has 1 heterocycles. The van der Waals surface area contributed by atoms with Crippen LogP contribution in [-0.2, 0) is 6.42 Å². The lowest BCUT2D eigenvalue weighted by molar-refractivity contribution is 1.05. The molecule has 0 aliphatic carbocycles. The van der Waals surface area contributed by atoms with E-state index in [1.165, 1.54) is 11.4 Å². The number of nitrogens with one attached hydrogen (secondary N) is 1. The van der Waals surface area contributed by atoms with Gasteiger partial charge in [-0.05, 0) is 17.4 Å². The fraction of sp³-hybridized carbons (Fsp3) is 0.625. The summed E-state index contributed by atoms with van der Waals surface area (Å²) in [5.41, 5.74) is 1.23. The predicted molar refractivity (Wildman–Crippen MR) is 49.9 cm³/mol. The Morgan fingerprint density at radius 2 is 2.45 bits per heavy atom. The fourth-order valence-electron chi connectivity index (χ4n) is 0.826. The minimum Gasteiger partial charge on any atom is -0.348 e. The molecule has 0 fully saturated rings.